The summed E-state index contributed by atoms with van der Waals surface area (Å²) in [6, 6.07) is 8.59. The maximum Gasteiger partial charge on any atom is 0.104 e. The molecule has 1 fully saturated rings. The summed E-state index contributed by atoms with van der Waals surface area (Å²) in [5.41, 5.74) is 1.38. The first-order valence-corrected chi connectivity index (χ1v) is 5.96. The van der Waals surface area contributed by atoms with Gasteiger partial charge >= 0.3 is 0 Å². The molecule has 2 nitrogen and oxygen atoms in total. The van der Waals surface area contributed by atoms with E-state index < -0.39 is 0 Å². The van der Waals surface area contributed by atoms with Crippen LogP contribution >= 0.6 is 9.24 Å². The van der Waals surface area contributed by atoms with E-state index in [1.807, 2.05) is 0 Å². The van der Waals surface area contributed by atoms with Gasteiger partial charge in [0.15, 0.2) is 0 Å². The molecule has 0 spiro atoms. The van der Waals surface area contributed by atoms with Gasteiger partial charge in [0.05, 0.1) is 13.2 Å². The molecule has 0 bridgehead atoms. The second-order valence-electron chi connectivity index (χ2n) is 3.88. The van der Waals surface area contributed by atoms with Gasteiger partial charge in [-0.15, -0.1) is 9.24 Å². The Morgan fingerprint density at radius 2 is 2.07 bits per heavy atom. The van der Waals surface area contributed by atoms with Crippen LogP contribution in [0.4, 0.5) is 0 Å². The van der Waals surface area contributed by atoms with E-state index in [-0.39, 0.29) is 0 Å². The molecule has 1 saturated heterocycles. The van der Waals surface area contributed by atoms with Crippen molar-refractivity contribution in [3.8, 4) is 0 Å². The molecule has 15 heavy (non-hydrogen) atoms. The summed E-state index contributed by atoms with van der Waals surface area (Å²) in [5, 5.41) is 1.24. The third-order valence-electron chi connectivity index (χ3n) is 2.44. The molecule has 3 heteroatoms. The number of benzene rings is 1. The summed E-state index contributed by atoms with van der Waals surface area (Å²) in [4.78, 5) is 0. The number of rotatable bonds is 6. The standard InChI is InChI=1S/C12H17O2P/c15-12-5-3-10(4-6-12)2-1-7-13-8-11-9-14-11/h3-6,11H,1-2,7-9,15H2. The van der Waals surface area contributed by atoms with Gasteiger partial charge in [0, 0.05) is 6.61 Å². The number of ether oxygens (including phenoxy) is 2. The molecule has 82 valence electrons. The SMILES string of the molecule is Pc1ccc(CCCOCC2CO2)cc1. The smallest absolute Gasteiger partial charge is 0.104 e. The summed E-state index contributed by atoms with van der Waals surface area (Å²) in [5.74, 6) is 0. The molecule has 1 aliphatic rings. The van der Waals surface area contributed by atoms with E-state index in [2.05, 4.69) is 33.5 Å². The zero-order valence-corrected chi connectivity index (χ0v) is 9.97. The van der Waals surface area contributed by atoms with Crippen LogP contribution in [0, 0.1) is 0 Å². The second kappa shape index (κ2) is 5.60. The van der Waals surface area contributed by atoms with Crippen molar-refractivity contribution in [2.24, 2.45) is 0 Å². The van der Waals surface area contributed by atoms with Gasteiger partial charge in [-0.25, -0.2) is 0 Å². The fraction of sp³-hybridized carbons (Fsp3) is 0.500. The molecule has 0 saturated carbocycles. The zero-order valence-electron chi connectivity index (χ0n) is 8.82. The molecule has 2 unspecified atom stereocenters. The predicted molar refractivity (Wildman–Crippen MR) is 64.7 cm³/mol. The van der Waals surface area contributed by atoms with E-state index in [1.54, 1.807) is 0 Å². The highest BCUT2D eigenvalue weighted by Crippen LogP contribution is 2.09. The number of hydrogen-bond donors (Lipinski definition) is 0. The monoisotopic (exact) mass is 224 g/mol. The van der Waals surface area contributed by atoms with E-state index in [9.17, 15) is 0 Å². The average molecular weight is 224 g/mol. The first kappa shape index (κ1) is 11.1. The summed E-state index contributed by atoms with van der Waals surface area (Å²) in [7, 11) is 2.70. The van der Waals surface area contributed by atoms with Crippen molar-refractivity contribution in [2.75, 3.05) is 19.8 Å². The fourth-order valence-corrected chi connectivity index (χ4v) is 1.63. The van der Waals surface area contributed by atoms with Gasteiger partial charge in [-0.2, -0.15) is 0 Å². The topological polar surface area (TPSA) is 21.8 Å². The lowest BCUT2D eigenvalue weighted by Crippen LogP contribution is -2.03. The third-order valence-corrected chi connectivity index (χ3v) is 2.82. The van der Waals surface area contributed by atoms with Crippen molar-refractivity contribution in [1.82, 2.24) is 0 Å². The maximum atomic E-state index is 5.47. The first-order chi connectivity index (χ1) is 7.34. The normalized spacial score (nSPS) is 19.1. The maximum absolute atomic E-state index is 5.47. The van der Waals surface area contributed by atoms with Crippen molar-refractivity contribution < 1.29 is 9.47 Å². The van der Waals surface area contributed by atoms with E-state index in [0.29, 0.717) is 6.10 Å². The number of aryl methyl sites for hydroxylation is 1. The molecule has 2 atom stereocenters. The fourth-order valence-electron chi connectivity index (χ4n) is 1.44. The average Bonchev–Trinajstić information content (AvgIpc) is 3.04. The molecule has 0 aliphatic carbocycles. The number of epoxide rings is 1. The second-order valence-corrected chi connectivity index (χ2v) is 4.54. The molecule has 0 radical (unpaired) electrons. The van der Waals surface area contributed by atoms with Crippen LogP contribution in [0.25, 0.3) is 0 Å². The highest BCUT2D eigenvalue weighted by atomic mass is 31.0. The largest absolute Gasteiger partial charge is 0.379 e. The van der Waals surface area contributed by atoms with Crippen LogP contribution in [0.15, 0.2) is 24.3 Å². The van der Waals surface area contributed by atoms with Gasteiger partial charge in [0.2, 0.25) is 0 Å². The van der Waals surface area contributed by atoms with Crippen LogP contribution in [-0.4, -0.2) is 25.9 Å². The Balaban J connectivity index is 1.58. The van der Waals surface area contributed by atoms with Gasteiger partial charge in [-0.3, -0.25) is 0 Å². The van der Waals surface area contributed by atoms with Crippen LogP contribution in [0.2, 0.25) is 0 Å². The van der Waals surface area contributed by atoms with E-state index in [4.69, 9.17) is 9.47 Å². The summed E-state index contributed by atoms with van der Waals surface area (Å²) in [6.45, 7) is 2.49. The van der Waals surface area contributed by atoms with Gasteiger partial charge in [0.1, 0.15) is 6.10 Å². The van der Waals surface area contributed by atoms with Crippen LogP contribution in [0.3, 0.4) is 0 Å². The van der Waals surface area contributed by atoms with Crippen molar-refractivity contribution in [1.29, 1.82) is 0 Å². The first-order valence-electron chi connectivity index (χ1n) is 5.38. The quantitative estimate of drug-likeness (QED) is 0.415. The molecule has 0 amide bonds. The van der Waals surface area contributed by atoms with Gasteiger partial charge in [-0.1, -0.05) is 24.3 Å². The summed E-state index contributed by atoms with van der Waals surface area (Å²) >= 11 is 0. The molecule has 1 aliphatic heterocycles. The lowest BCUT2D eigenvalue weighted by atomic mass is 10.1. The molecule has 0 N–H and O–H groups in total. The van der Waals surface area contributed by atoms with E-state index >= 15 is 0 Å². The minimum absolute atomic E-state index is 0.390. The zero-order chi connectivity index (χ0) is 10.5. The molecular formula is C12H17O2P. The van der Waals surface area contributed by atoms with Crippen molar-refractivity contribution in [2.45, 2.75) is 18.9 Å². The Labute approximate surface area is 93.2 Å². The molecule has 2 rings (SSSR count). The Bertz CT molecular complexity index is 293. The lowest BCUT2D eigenvalue weighted by molar-refractivity contribution is 0.114. The van der Waals surface area contributed by atoms with Crippen LogP contribution in [0.1, 0.15) is 12.0 Å². The van der Waals surface area contributed by atoms with Gasteiger partial charge in [0.25, 0.3) is 0 Å². The van der Waals surface area contributed by atoms with Crippen LogP contribution in [0.5, 0.6) is 0 Å². The molecule has 0 aromatic heterocycles. The molecule has 1 aromatic carbocycles. The summed E-state index contributed by atoms with van der Waals surface area (Å²) < 4.78 is 10.5. The van der Waals surface area contributed by atoms with Crippen LogP contribution in [-0.2, 0) is 15.9 Å². The van der Waals surface area contributed by atoms with E-state index in [1.165, 1.54) is 10.9 Å². The Morgan fingerprint density at radius 3 is 2.73 bits per heavy atom. The molecule has 1 heterocycles. The highest BCUT2D eigenvalue weighted by molar-refractivity contribution is 7.27. The van der Waals surface area contributed by atoms with Crippen molar-refractivity contribution >= 4 is 14.5 Å². The third kappa shape index (κ3) is 4.29. The predicted octanol–water partition coefficient (Wildman–Crippen LogP) is 1.53. The van der Waals surface area contributed by atoms with Gasteiger partial charge in [-0.05, 0) is 23.7 Å². The molecular weight excluding hydrogens is 207 g/mol. The number of hydrogen-bond acceptors (Lipinski definition) is 2. The Kier molecular flexibility index (Phi) is 4.13. The van der Waals surface area contributed by atoms with Crippen molar-refractivity contribution in [3.63, 3.8) is 0 Å². The lowest BCUT2D eigenvalue weighted by Gasteiger charge is -2.03. The minimum Gasteiger partial charge on any atom is -0.379 e. The van der Waals surface area contributed by atoms with Crippen molar-refractivity contribution in [3.05, 3.63) is 29.8 Å². The van der Waals surface area contributed by atoms with Crippen LogP contribution < -0.4 is 5.30 Å². The van der Waals surface area contributed by atoms with Gasteiger partial charge < -0.3 is 9.47 Å². The Morgan fingerprint density at radius 1 is 1.33 bits per heavy atom. The van der Waals surface area contributed by atoms with E-state index in [0.717, 1.165) is 32.7 Å². The Hall–Kier alpha value is -0.430. The summed E-state index contributed by atoms with van der Waals surface area (Å²) in [6.07, 6.45) is 2.57. The highest BCUT2D eigenvalue weighted by Gasteiger charge is 2.21. The molecule has 1 aromatic rings. The minimum atomic E-state index is 0.390.